The van der Waals surface area contributed by atoms with E-state index in [0.29, 0.717) is 10.8 Å². The number of aromatic hydroxyl groups is 1. The zero-order valence-corrected chi connectivity index (χ0v) is 9.56. The molecule has 4 heteroatoms. The number of halogens is 1. The van der Waals surface area contributed by atoms with Crippen molar-refractivity contribution in [2.24, 2.45) is 5.73 Å². The van der Waals surface area contributed by atoms with Crippen molar-refractivity contribution < 1.29 is 9.84 Å². The minimum absolute atomic E-state index is 0.124. The molecule has 0 unspecified atom stereocenters. The monoisotopic (exact) mass is 227 g/mol. The smallest absolute Gasteiger partial charge is 0.163 e. The lowest BCUT2D eigenvalue weighted by Crippen LogP contribution is -2.20. The van der Waals surface area contributed by atoms with Crippen molar-refractivity contribution in [3.05, 3.63) is 22.2 Å². The number of nitrogens with two attached hydrogens (primary N) is 1. The first-order valence-corrected chi connectivity index (χ1v) is 5.23. The highest BCUT2D eigenvalue weighted by atomic mass is 35.5. The molecule has 0 saturated heterocycles. The van der Waals surface area contributed by atoms with Gasteiger partial charge in [-0.25, -0.2) is 0 Å². The summed E-state index contributed by atoms with van der Waals surface area (Å²) in [7, 11) is 1.50. The molecular formula is C11H14ClNO2. The highest BCUT2D eigenvalue weighted by Gasteiger charge is 2.44. The van der Waals surface area contributed by atoms with Gasteiger partial charge >= 0.3 is 0 Å². The van der Waals surface area contributed by atoms with E-state index in [2.05, 4.69) is 0 Å². The molecular weight excluding hydrogens is 214 g/mol. The van der Waals surface area contributed by atoms with Gasteiger partial charge in [0.15, 0.2) is 11.5 Å². The molecule has 1 fully saturated rings. The Hall–Kier alpha value is -0.930. The number of phenols is 1. The van der Waals surface area contributed by atoms with Gasteiger partial charge in [-0.1, -0.05) is 11.6 Å². The quantitative estimate of drug-likeness (QED) is 0.815. The van der Waals surface area contributed by atoms with Crippen LogP contribution < -0.4 is 10.5 Å². The lowest BCUT2D eigenvalue weighted by molar-refractivity contribution is 0.367. The standard InChI is InChI=1S/C11H14ClNO2/c1-6-7(12)5-8(15-2)10(14)9(6)11(13)3-4-11/h5,14H,3-4,13H2,1-2H3. The Labute approximate surface area is 93.8 Å². The van der Waals surface area contributed by atoms with Gasteiger partial charge in [0.2, 0.25) is 0 Å². The molecule has 1 aliphatic carbocycles. The number of hydrogen-bond donors (Lipinski definition) is 2. The van der Waals surface area contributed by atoms with Gasteiger partial charge in [0, 0.05) is 22.2 Å². The molecule has 0 radical (unpaired) electrons. The van der Waals surface area contributed by atoms with Crippen molar-refractivity contribution in [3.8, 4) is 11.5 Å². The van der Waals surface area contributed by atoms with E-state index in [1.165, 1.54) is 7.11 Å². The second-order valence-electron chi connectivity index (χ2n) is 4.07. The third-order valence-corrected chi connectivity index (χ3v) is 3.36. The zero-order chi connectivity index (χ0) is 11.2. The normalized spacial score (nSPS) is 17.6. The van der Waals surface area contributed by atoms with Crippen LogP contribution in [0, 0.1) is 6.92 Å². The summed E-state index contributed by atoms with van der Waals surface area (Å²) in [6, 6.07) is 1.61. The van der Waals surface area contributed by atoms with Crippen LogP contribution in [0.15, 0.2) is 6.07 Å². The Morgan fingerprint density at radius 2 is 2.13 bits per heavy atom. The van der Waals surface area contributed by atoms with E-state index < -0.39 is 5.54 Å². The highest BCUT2D eigenvalue weighted by molar-refractivity contribution is 6.31. The van der Waals surface area contributed by atoms with Gasteiger partial charge in [-0.05, 0) is 25.3 Å². The maximum absolute atomic E-state index is 10.0. The fourth-order valence-corrected chi connectivity index (χ4v) is 2.06. The fraction of sp³-hybridized carbons (Fsp3) is 0.455. The minimum Gasteiger partial charge on any atom is -0.504 e. The average molecular weight is 228 g/mol. The molecule has 1 aromatic carbocycles. The number of rotatable bonds is 2. The second-order valence-corrected chi connectivity index (χ2v) is 4.47. The molecule has 0 aromatic heterocycles. The van der Waals surface area contributed by atoms with Crippen LogP contribution in [0.3, 0.4) is 0 Å². The molecule has 0 heterocycles. The molecule has 0 atom stereocenters. The molecule has 1 aromatic rings. The first kappa shape index (κ1) is 10.6. The minimum atomic E-state index is -0.410. The van der Waals surface area contributed by atoms with Crippen LogP contribution in [-0.4, -0.2) is 12.2 Å². The average Bonchev–Trinajstić information content (AvgIpc) is 2.91. The Balaban J connectivity index is 2.65. The van der Waals surface area contributed by atoms with Crippen LogP contribution in [0.4, 0.5) is 0 Å². The Bertz CT molecular complexity index is 414. The van der Waals surface area contributed by atoms with Gasteiger partial charge in [-0.15, -0.1) is 0 Å². The predicted octanol–water partition coefficient (Wildman–Crippen LogP) is 2.31. The SMILES string of the molecule is COc1cc(Cl)c(C)c(C2(N)CC2)c1O. The maximum Gasteiger partial charge on any atom is 0.163 e. The predicted molar refractivity (Wildman–Crippen MR) is 59.5 cm³/mol. The Morgan fingerprint density at radius 3 is 2.60 bits per heavy atom. The largest absolute Gasteiger partial charge is 0.504 e. The third kappa shape index (κ3) is 1.56. The summed E-state index contributed by atoms with van der Waals surface area (Å²) in [6.45, 7) is 1.86. The van der Waals surface area contributed by atoms with E-state index in [1.807, 2.05) is 6.92 Å². The van der Waals surface area contributed by atoms with E-state index in [-0.39, 0.29) is 5.75 Å². The molecule has 82 valence electrons. The van der Waals surface area contributed by atoms with Gasteiger partial charge in [-0.3, -0.25) is 0 Å². The molecule has 0 amide bonds. The van der Waals surface area contributed by atoms with Crippen LogP contribution in [-0.2, 0) is 5.54 Å². The summed E-state index contributed by atoms with van der Waals surface area (Å²) in [6.07, 6.45) is 1.76. The van der Waals surface area contributed by atoms with E-state index >= 15 is 0 Å². The Morgan fingerprint density at radius 1 is 1.53 bits per heavy atom. The van der Waals surface area contributed by atoms with Crippen molar-refractivity contribution in [2.75, 3.05) is 7.11 Å². The number of benzene rings is 1. The van der Waals surface area contributed by atoms with Crippen molar-refractivity contribution >= 4 is 11.6 Å². The molecule has 0 bridgehead atoms. The first-order chi connectivity index (χ1) is 6.99. The molecule has 0 spiro atoms. The zero-order valence-electron chi connectivity index (χ0n) is 8.80. The molecule has 3 nitrogen and oxygen atoms in total. The highest BCUT2D eigenvalue weighted by Crippen LogP contribution is 2.51. The summed E-state index contributed by atoms with van der Waals surface area (Å²) in [5.74, 6) is 0.511. The van der Waals surface area contributed by atoms with Crippen LogP contribution in [0.1, 0.15) is 24.0 Å². The van der Waals surface area contributed by atoms with Gasteiger partial charge in [0.1, 0.15) is 0 Å². The third-order valence-electron chi connectivity index (χ3n) is 2.97. The number of phenolic OH excluding ortho intramolecular Hbond substituents is 1. The number of hydrogen-bond acceptors (Lipinski definition) is 3. The Kier molecular flexibility index (Phi) is 2.32. The second kappa shape index (κ2) is 3.29. The molecule has 1 aliphatic rings. The van der Waals surface area contributed by atoms with Crippen LogP contribution in [0.25, 0.3) is 0 Å². The van der Waals surface area contributed by atoms with E-state index in [1.54, 1.807) is 6.07 Å². The van der Waals surface area contributed by atoms with Gasteiger partial charge < -0.3 is 15.6 Å². The molecule has 0 aliphatic heterocycles. The van der Waals surface area contributed by atoms with Crippen molar-refractivity contribution in [1.82, 2.24) is 0 Å². The van der Waals surface area contributed by atoms with Gasteiger partial charge in [0.05, 0.1) is 7.11 Å². The first-order valence-electron chi connectivity index (χ1n) is 4.85. The summed E-state index contributed by atoms with van der Waals surface area (Å²) in [5, 5.41) is 10.6. The summed E-state index contributed by atoms with van der Waals surface area (Å²) >= 11 is 6.06. The van der Waals surface area contributed by atoms with Crippen molar-refractivity contribution in [1.29, 1.82) is 0 Å². The number of methoxy groups -OCH3 is 1. The lowest BCUT2D eigenvalue weighted by Gasteiger charge is -2.18. The van der Waals surface area contributed by atoms with Gasteiger partial charge in [0.25, 0.3) is 0 Å². The molecule has 2 rings (SSSR count). The maximum atomic E-state index is 10.0. The van der Waals surface area contributed by atoms with E-state index in [9.17, 15) is 5.11 Å². The van der Waals surface area contributed by atoms with Crippen LogP contribution in [0.2, 0.25) is 5.02 Å². The summed E-state index contributed by atoms with van der Waals surface area (Å²) < 4.78 is 5.05. The summed E-state index contributed by atoms with van der Waals surface area (Å²) in [4.78, 5) is 0. The van der Waals surface area contributed by atoms with E-state index in [0.717, 1.165) is 24.0 Å². The molecule has 15 heavy (non-hydrogen) atoms. The lowest BCUT2D eigenvalue weighted by atomic mass is 9.98. The fourth-order valence-electron chi connectivity index (χ4n) is 1.86. The van der Waals surface area contributed by atoms with E-state index in [4.69, 9.17) is 22.1 Å². The summed E-state index contributed by atoms with van der Waals surface area (Å²) in [5.41, 5.74) is 7.25. The molecule has 3 N–H and O–H groups in total. The van der Waals surface area contributed by atoms with Crippen molar-refractivity contribution in [2.45, 2.75) is 25.3 Å². The number of ether oxygens (including phenoxy) is 1. The topological polar surface area (TPSA) is 55.5 Å². The van der Waals surface area contributed by atoms with Crippen LogP contribution in [0.5, 0.6) is 11.5 Å². The van der Waals surface area contributed by atoms with Crippen molar-refractivity contribution in [3.63, 3.8) is 0 Å². The van der Waals surface area contributed by atoms with Crippen LogP contribution >= 0.6 is 11.6 Å². The molecule has 1 saturated carbocycles. The van der Waals surface area contributed by atoms with Gasteiger partial charge in [-0.2, -0.15) is 0 Å².